The van der Waals surface area contributed by atoms with Crippen LogP contribution in [-0.2, 0) is 4.79 Å². The van der Waals surface area contributed by atoms with Gasteiger partial charge in [0.15, 0.2) is 0 Å². The van der Waals surface area contributed by atoms with Crippen molar-refractivity contribution >= 4 is 16.8 Å². The number of carbonyl (C=O) groups excluding carboxylic acids is 1. The highest BCUT2D eigenvalue weighted by Crippen LogP contribution is 2.33. The Morgan fingerprint density at radius 2 is 1.71 bits per heavy atom. The third-order valence-electron chi connectivity index (χ3n) is 3.73. The van der Waals surface area contributed by atoms with Crippen LogP contribution < -0.4 is 5.32 Å². The maximum Gasteiger partial charge on any atom is 0.222 e. The van der Waals surface area contributed by atoms with Crippen molar-refractivity contribution in [1.82, 2.24) is 5.32 Å². The summed E-state index contributed by atoms with van der Waals surface area (Å²) in [6.07, 6.45) is 3.22. The van der Waals surface area contributed by atoms with E-state index in [1.165, 1.54) is 0 Å². The van der Waals surface area contributed by atoms with E-state index in [0.29, 0.717) is 13.0 Å². The first kappa shape index (κ1) is 20.7. The van der Waals surface area contributed by atoms with E-state index in [-0.39, 0.29) is 17.6 Å². The van der Waals surface area contributed by atoms with Crippen LogP contribution in [0.1, 0.15) is 39.5 Å². The first-order valence-corrected chi connectivity index (χ1v) is 9.33. The second-order valence-corrected chi connectivity index (χ2v) is 8.05. The second kappa shape index (κ2) is 9.63. The van der Waals surface area contributed by atoms with Crippen LogP contribution in [0.5, 0.6) is 0 Å². The molecule has 0 rings (SSSR count). The van der Waals surface area contributed by atoms with Crippen LogP contribution in [0.3, 0.4) is 0 Å². The van der Waals surface area contributed by atoms with Gasteiger partial charge in [-0.1, -0.05) is 13.8 Å². The lowest BCUT2D eigenvalue weighted by Gasteiger charge is -2.30. The molecule has 0 heterocycles. The van der Waals surface area contributed by atoms with Crippen molar-refractivity contribution in [3.8, 4) is 0 Å². The zero-order valence-corrected chi connectivity index (χ0v) is 14.7. The van der Waals surface area contributed by atoms with Gasteiger partial charge in [-0.2, -0.15) is 0 Å². The Balaban J connectivity index is 3.75. The van der Waals surface area contributed by atoms with Crippen molar-refractivity contribution in [1.29, 1.82) is 0 Å². The molecule has 0 bridgehead atoms. The van der Waals surface area contributed by atoms with Crippen LogP contribution in [0.15, 0.2) is 0 Å². The predicted octanol–water partition coefficient (Wildman–Crippen LogP) is 2.62. The molecule has 128 valence electrons. The number of hydrogen-bond donors (Lipinski definition) is 4. The van der Waals surface area contributed by atoms with E-state index in [9.17, 15) is 4.79 Å². The minimum Gasteiger partial charge on any atom is -0.356 e. The van der Waals surface area contributed by atoms with E-state index in [1.54, 1.807) is 0 Å². The maximum absolute atomic E-state index is 11.6. The fourth-order valence-corrected chi connectivity index (χ4v) is 2.62. The first-order chi connectivity index (χ1) is 9.57. The molecule has 0 radical (unpaired) electrons. The summed E-state index contributed by atoms with van der Waals surface area (Å²) in [6, 6.07) is 0. The van der Waals surface area contributed by atoms with Gasteiger partial charge in [-0.15, -0.1) is 0 Å². The van der Waals surface area contributed by atoms with Crippen LogP contribution >= 0.6 is 10.9 Å². The molecule has 7 heteroatoms. The number of carbonyl (C=O) groups is 1. The van der Waals surface area contributed by atoms with E-state index < -0.39 is 10.9 Å². The van der Waals surface area contributed by atoms with Gasteiger partial charge in [-0.3, -0.25) is 4.79 Å². The number of rotatable bonds is 11. The third kappa shape index (κ3) is 11.9. The minimum absolute atomic E-state index is 0.0535. The molecule has 1 amide bonds. The number of nitrogens with zero attached hydrogens (tertiary/aromatic N) is 1. The third-order valence-corrected chi connectivity index (χ3v) is 4.57. The molecule has 6 nitrogen and oxygen atoms in total. The van der Waals surface area contributed by atoms with Gasteiger partial charge >= 0.3 is 0 Å². The fourth-order valence-electron chi connectivity index (χ4n) is 2.03. The Bertz CT molecular complexity index is 306. The van der Waals surface area contributed by atoms with Gasteiger partial charge in [0.05, 0.1) is 38.1 Å². The molecule has 0 spiro atoms. The van der Waals surface area contributed by atoms with Gasteiger partial charge in [0.2, 0.25) is 5.91 Å². The summed E-state index contributed by atoms with van der Waals surface area (Å²) in [5.41, 5.74) is 0. The van der Waals surface area contributed by atoms with Gasteiger partial charge in [-0.25, -0.2) is 0 Å². The van der Waals surface area contributed by atoms with Crippen molar-refractivity contribution in [2.45, 2.75) is 39.5 Å². The summed E-state index contributed by atoms with van der Waals surface area (Å²) < 4.78 is 27.5. The summed E-state index contributed by atoms with van der Waals surface area (Å²) in [5.74, 6) is 0.250. The molecule has 0 aromatic rings. The summed E-state index contributed by atoms with van der Waals surface area (Å²) in [5, 5.41) is 2.95. The Hall–Kier alpha value is -0.340. The average Bonchev–Trinajstić information content (AvgIpc) is 2.37. The van der Waals surface area contributed by atoms with E-state index in [4.69, 9.17) is 13.7 Å². The van der Waals surface area contributed by atoms with Gasteiger partial charge in [-0.05, 0) is 19.3 Å². The van der Waals surface area contributed by atoms with Crippen molar-refractivity contribution in [2.75, 3.05) is 39.5 Å². The van der Waals surface area contributed by atoms with Crippen LogP contribution in [0, 0.1) is 5.92 Å². The number of unbranched alkanes of at least 4 members (excludes halogenated alkanes) is 1. The lowest BCUT2D eigenvalue weighted by Crippen LogP contribution is -2.42. The fraction of sp³-hybridized carbons (Fsp3) is 0.929. The Labute approximate surface area is 130 Å². The number of quaternary nitrogens is 1. The van der Waals surface area contributed by atoms with E-state index in [0.717, 1.165) is 36.8 Å². The summed E-state index contributed by atoms with van der Waals surface area (Å²) >= 11 is 0. The first-order valence-electron chi connectivity index (χ1n) is 7.65. The average molecular weight is 325 g/mol. The SMILES string of the molecule is CCC(C)C(=O)NCCC[N+](C)(C)CCCCS(O)(O)O. The summed E-state index contributed by atoms with van der Waals surface area (Å²) in [6.45, 7) is 6.50. The Morgan fingerprint density at radius 1 is 1.14 bits per heavy atom. The summed E-state index contributed by atoms with van der Waals surface area (Å²) in [7, 11) is 0.899. The van der Waals surface area contributed by atoms with Gasteiger partial charge in [0.1, 0.15) is 0 Å². The lowest BCUT2D eigenvalue weighted by atomic mass is 10.1. The van der Waals surface area contributed by atoms with Crippen LogP contribution in [-0.4, -0.2) is 63.5 Å². The molecule has 1 atom stereocenters. The van der Waals surface area contributed by atoms with Crippen LogP contribution in [0.4, 0.5) is 0 Å². The lowest BCUT2D eigenvalue weighted by molar-refractivity contribution is -0.890. The number of amides is 1. The number of hydrogen-bond acceptors (Lipinski definition) is 4. The standard InChI is InChI=1S/C14H32N2O4S/c1-5-13(2)14(17)15-9-8-11-16(3,4)10-6-7-12-21(18,19)20/h13H,5-12H2,1-4H3,(H3-,15,17,18,19,20)/p+1. The van der Waals surface area contributed by atoms with E-state index in [2.05, 4.69) is 19.4 Å². The van der Waals surface area contributed by atoms with E-state index >= 15 is 0 Å². The zero-order chi connectivity index (χ0) is 16.5. The predicted molar refractivity (Wildman–Crippen MR) is 88.5 cm³/mol. The highest BCUT2D eigenvalue weighted by Gasteiger charge is 2.17. The Morgan fingerprint density at radius 3 is 2.24 bits per heavy atom. The van der Waals surface area contributed by atoms with Crippen molar-refractivity contribution in [2.24, 2.45) is 5.92 Å². The number of nitrogens with one attached hydrogen (secondary N) is 1. The molecule has 0 saturated carbocycles. The summed E-state index contributed by atoms with van der Waals surface area (Å²) in [4.78, 5) is 11.6. The van der Waals surface area contributed by atoms with Crippen LogP contribution in [0.2, 0.25) is 0 Å². The molecule has 1 unspecified atom stereocenters. The monoisotopic (exact) mass is 325 g/mol. The second-order valence-electron chi connectivity index (χ2n) is 6.38. The van der Waals surface area contributed by atoms with Crippen molar-refractivity contribution in [3.05, 3.63) is 0 Å². The molecular weight excluding hydrogens is 292 g/mol. The van der Waals surface area contributed by atoms with E-state index in [1.807, 2.05) is 13.8 Å². The Kier molecular flexibility index (Phi) is 9.48. The van der Waals surface area contributed by atoms with Gasteiger partial charge < -0.3 is 23.5 Å². The van der Waals surface area contributed by atoms with Gasteiger partial charge in [0, 0.05) is 24.6 Å². The molecule has 21 heavy (non-hydrogen) atoms. The molecule has 0 aromatic heterocycles. The molecule has 4 N–H and O–H groups in total. The smallest absolute Gasteiger partial charge is 0.222 e. The molecular formula is C14H33N2O4S+. The minimum atomic E-state index is -3.34. The zero-order valence-electron chi connectivity index (χ0n) is 13.8. The molecule has 0 aliphatic rings. The van der Waals surface area contributed by atoms with Crippen molar-refractivity contribution < 1.29 is 22.9 Å². The van der Waals surface area contributed by atoms with Crippen molar-refractivity contribution in [3.63, 3.8) is 0 Å². The maximum atomic E-state index is 11.6. The topological polar surface area (TPSA) is 89.8 Å². The highest BCUT2D eigenvalue weighted by molar-refractivity contribution is 8.19. The largest absolute Gasteiger partial charge is 0.356 e. The molecule has 0 aromatic carbocycles. The highest BCUT2D eigenvalue weighted by atomic mass is 32.3. The molecule has 0 saturated heterocycles. The molecule has 0 aliphatic carbocycles. The van der Waals surface area contributed by atoms with Crippen LogP contribution in [0.25, 0.3) is 0 Å². The molecule has 0 fully saturated rings. The quantitative estimate of drug-likeness (QED) is 0.347. The van der Waals surface area contributed by atoms with Gasteiger partial charge in [0.25, 0.3) is 0 Å². The normalized spacial score (nSPS) is 14.8. The molecule has 0 aliphatic heterocycles.